The van der Waals surface area contributed by atoms with Crippen LogP contribution in [0.5, 0.6) is 0 Å². The van der Waals surface area contributed by atoms with E-state index >= 15 is 0 Å². The number of anilines is 1. The van der Waals surface area contributed by atoms with Crippen molar-refractivity contribution in [2.75, 3.05) is 5.43 Å². The van der Waals surface area contributed by atoms with Gasteiger partial charge in [0.25, 0.3) is 0 Å². The summed E-state index contributed by atoms with van der Waals surface area (Å²) in [7, 11) is 0. The van der Waals surface area contributed by atoms with Crippen LogP contribution >= 0.6 is 0 Å². The van der Waals surface area contributed by atoms with Crippen molar-refractivity contribution in [3.05, 3.63) is 29.3 Å². The molecule has 0 atom stereocenters. The lowest BCUT2D eigenvalue weighted by Crippen LogP contribution is -2.21. The third-order valence-electron chi connectivity index (χ3n) is 1.86. The average molecular weight is 226 g/mol. The summed E-state index contributed by atoms with van der Waals surface area (Å²) < 4.78 is 0. The third kappa shape index (κ3) is 3.33. The topological polar surface area (TPSA) is 122 Å². The van der Waals surface area contributed by atoms with Crippen LogP contribution in [0.15, 0.2) is 23.3 Å². The predicted molar refractivity (Wildman–Crippen MR) is 64.5 cm³/mol. The fraction of sp³-hybridized carbons (Fsp3) is 0.0909. The molecule has 0 saturated heterocycles. The number of hydrogen-bond donors (Lipinski definition) is 3. The second-order valence-electron chi connectivity index (χ2n) is 3.30. The first-order chi connectivity index (χ1) is 8.06. The van der Waals surface area contributed by atoms with E-state index in [0.717, 1.165) is 5.56 Å². The molecule has 0 radical (unpaired) electrons. The average Bonchev–Trinajstić information content (AvgIpc) is 2.28. The summed E-state index contributed by atoms with van der Waals surface area (Å²) in [6, 6.07) is 8.78. The molecule has 1 aromatic rings. The predicted octanol–water partition coefficient (Wildman–Crippen LogP) is 1.09. The molecule has 6 heteroatoms. The van der Waals surface area contributed by atoms with Crippen molar-refractivity contribution in [2.24, 2.45) is 10.8 Å². The molecular formula is C11H10N6. The van der Waals surface area contributed by atoms with E-state index < -0.39 is 5.84 Å². The molecule has 6 nitrogen and oxygen atoms in total. The van der Waals surface area contributed by atoms with Gasteiger partial charge in [-0.3, -0.25) is 10.8 Å². The van der Waals surface area contributed by atoms with Crippen LogP contribution in [0, 0.1) is 35.0 Å². The van der Waals surface area contributed by atoms with E-state index in [0.29, 0.717) is 11.3 Å². The first-order valence-electron chi connectivity index (χ1n) is 4.67. The summed E-state index contributed by atoms with van der Waals surface area (Å²) in [5, 5.41) is 28.2. The largest absolute Gasteiger partial charge is 0.382 e. The highest BCUT2D eigenvalue weighted by atomic mass is 15.3. The summed E-state index contributed by atoms with van der Waals surface area (Å²) >= 11 is 0. The first-order valence-corrected chi connectivity index (χ1v) is 4.67. The van der Waals surface area contributed by atoms with Crippen molar-refractivity contribution in [2.45, 2.75) is 6.92 Å². The Hall–Kier alpha value is -2.86. The van der Waals surface area contributed by atoms with Gasteiger partial charge in [0, 0.05) is 0 Å². The van der Waals surface area contributed by atoms with Gasteiger partial charge < -0.3 is 5.73 Å². The third-order valence-corrected chi connectivity index (χ3v) is 1.86. The monoisotopic (exact) mass is 226 g/mol. The Labute approximate surface area is 98.5 Å². The summed E-state index contributed by atoms with van der Waals surface area (Å²) in [5.74, 6) is -0.409. The minimum atomic E-state index is -0.409. The number of benzene rings is 1. The van der Waals surface area contributed by atoms with E-state index in [9.17, 15) is 0 Å². The van der Waals surface area contributed by atoms with Gasteiger partial charge >= 0.3 is 0 Å². The Kier molecular flexibility index (Phi) is 3.80. The minimum absolute atomic E-state index is 0.204. The summed E-state index contributed by atoms with van der Waals surface area (Å²) in [4.78, 5) is 0. The molecule has 0 aliphatic rings. The summed E-state index contributed by atoms with van der Waals surface area (Å²) in [5.41, 5.74) is 9.46. The van der Waals surface area contributed by atoms with Crippen molar-refractivity contribution >= 4 is 17.2 Å². The molecule has 0 amide bonds. The number of hydrazone groups is 1. The SMILES string of the molecule is Cc1cc(C#N)cc(N/N=C(\C#N)C(=N)N)c1. The molecular weight excluding hydrogens is 216 g/mol. The van der Waals surface area contributed by atoms with Gasteiger partial charge in [-0.2, -0.15) is 15.6 Å². The lowest BCUT2D eigenvalue weighted by molar-refractivity contribution is 1.31. The van der Waals surface area contributed by atoms with Gasteiger partial charge in [0.15, 0.2) is 5.84 Å². The zero-order valence-corrected chi connectivity index (χ0v) is 9.15. The highest BCUT2D eigenvalue weighted by molar-refractivity contribution is 6.45. The molecule has 1 aromatic carbocycles. The number of aryl methyl sites for hydroxylation is 1. The second-order valence-corrected chi connectivity index (χ2v) is 3.30. The van der Waals surface area contributed by atoms with E-state index in [1.54, 1.807) is 24.3 Å². The lowest BCUT2D eigenvalue weighted by atomic mass is 10.1. The van der Waals surface area contributed by atoms with Crippen LogP contribution in [0.1, 0.15) is 11.1 Å². The molecule has 0 heterocycles. The minimum Gasteiger partial charge on any atom is -0.382 e. The van der Waals surface area contributed by atoms with Gasteiger partial charge in [-0.25, -0.2) is 0 Å². The molecule has 1 rings (SSSR count). The number of rotatable bonds is 3. The quantitative estimate of drug-likeness (QED) is 0.405. The molecule has 17 heavy (non-hydrogen) atoms. The standard InChI is InChI=1S/C11H10N6/c1-7-2-8(5-12)4-9(3-7)16-17-10(6-13)11(14)15/h2-4,16H,1H3,(H3,14,15)/b17-10+. The first kappa shape index (κ1) is 12.2. The van der Waals surface area contributed by atoms with Crippen molar-refractivity contribution in [1.29, 1.82) is 15.9 Å². The van der Waals surface area contributed by atoms with Crippen molar-refractivity contribution in [3.63, 3.8) is 0 Å². The van der Waals surface area contributed by atoms with E-state index in [4.69, 9.17) is 21.7 Å². The van der Waals surface area contributed by atoms with Gasteiger partial charge in [0.1, 0.15) is 6.07 Å². The van der Waals surface area contributed by atoms with Crippen LogP contribution in [0.3, 0.4) is 0 Å². The maximum absolute atomic E-state index is 8.78. The van der Waals surface area contributed by atoms with Crippen LogP contribution in [0.4, 0.5) is 5.69 Å². The Morgan fingerprint density at radius 3 is 2.65 bits per heavy atom. The number of hydrogen-bond acceptors (Lipinski definition) is 5. The van der Waals surface area contributed by atoms with Gasteiger partial charge in [-0.15, -0.1) is 0 Å². The summed E-state index contributed by atoms with van der Waals surface area (Å²) in [6.07, 6.45) is 0. The number of nitriles is 2. The van der Waals surface area contributed by atoms with Crippen LogP contribution in [0.2, 0.25) is 0 Å². The van der Waals surface area contributed by atoms with Gasteiger partial charge in [-0.1, -0.05) is 0 Å². The zero-order chi connectivity index (χ0) is 12.8. The molecule has 0 spiro atoms. The zero-order valence-electron chi connectivity index (χ0n) is 9.15. The van der Waals surface area contributed by atoms with E-state index in [2.05, 4.69) is 10.5 Å². The maximum Gasteiger partial charge on any atom is 0.201 e. The van der Waals surface area contributed by atoms with Crippen molar-refractivity contribution in [3.8, 4) is 12.1 Å². The van der Waals surface area contributed by atoms with E-state index in [1.807, 2.05) is 13.0 Å². The molecule has 0 aromatic heterocycles. The van der Waals surface area contributed by atoms with Crippen LogP contribution in [0.25, 0.3) is 0 Å². The normalized spacial score (nSPS) is 10.2. The Morgan fingerprint density at radius 1 is 1.41 bits per heavy atom. The number of amidine groups is 1. The van der Waals surface area contributed by atoms with Gasteiger partial charge in [-0.05, 0) is 30.7 Å². The van der Waals surface area contributed by atoms with Crippen molar-refractivity contribution in [1.82, 2.24) is 0 Å². The van der Waals surface area contributed by atoms with Crippen LogP contribution in [-0.4, -0.2) is 11.5 Å². The maximum atomic E-state index is 8.78. The van der Waals surface area contributed by atoms with E-state index in [1.165, 1.54) is 0 Å². The van der Waals surface area contributed by atoms with Gasteiger partial charge in [0.2, 0.25) is 5.71 Å². The van der Waals surface area contributed by atoms with Gasteiger partial charge in [0.05, 0.1) is 17.3 Å². The van der Waals surface area contributed by atoms with Crippen LogP contribution in [-0.2, 0) is 0 Å². The Bertz CT molecular complexity index is 558. The Morgan fingerprint density at radius 2 is 2.12 bits per heavy atom. The number of nitrogens with zero attached hydrogens (tertiary/aromatic N) is 3. The molecule has 4 N–H and O–H groups in total. The second kappa shape index (κ2) is 5.29. The fourth-order valence-corrected chi connectivity index (χ4v) is 1.18. The molecule has 0 aliphatic carbocycles. The molecule has 0 saturated carbocycles. The summed E-state index contributed by atoms with van der Waals surface area (Å²) in [6.45, 7) is 1.84. The lowest BCUT2D eigenvalue weighted by Gasteiger charge is -2.03. The smallest absolute Gasteiger partial charge is 0.201 e. The van der Waals surface area contributed by atoms with Crippen LogP contribution < -0.4 is 11.2 Å². The highest BCUT2D eigenvalue weighted by Crippen LogP contribution is 2.13. The molecule has 0 bridgehead atoms. The molecule has 84 valence electrons. The van der Waals surface area contributed by atoms with Crippen molar-refractivity contribution < 1.29 is 0 Å². The Balaban J connectivity index is 2.98. The van der Waals surface area contributed by atoms with E-state index in [-0.39, 0.29) is 5.71 Å². The molecule has 0 fully saturated rings. The highest BCUT2D eigenvalue weighted by Gasteiger charge is 2.01. The fourth-order valence-electron chi connectivity index (χ4n) is 1.18. The number of nitrogens with two attached hydrogens (primary N) is 1. The molecule has 0 unspecified atom stereocenters. The molecule has 0 aliphatic heterocycles. The number of nitrogens with one attached hydrogen (secondary N) is 2.